The van der Waals surface area contributed by atoms with Crippen molar-refractivity contribution < 1.29 is 13.2 Å². The molecule has 6 nitrogen and oxygen atoms in total. The Morgan fingerprint density at radius 2 is 1.49 bits per heavy atom. The summed E-state index contributed by atoms with van der Waals surface area (Å²) in [4.78, 5) is 17.6. The van der Waals surface area contributed by atoms with Crippen LogP contribution in [0.5, 0.6) is 0 Å². The first-order valence-electron chi connectivity index (χ1n) is 11.8. The maximum atomic E-state index is 13.4. The molecule has 0 radical (unpaired) electrons. The van der Waals surface area contributed by atoms with Crippen LogP contribution in [0.3, 0.4) is 0 Å². The highest BCUT2D eigenvalue weighted by atomic mass is 32.2. The number of anilines is 1. The van der Waals surface area contributed by atoms with Crippen LogP contribution in [0.25, 0.3) is 10.9 Å². The van der Waals surface area contributed by atoms with Gasteiger partial charge in [0.25, 0.3) is 0 Å². The number of benzene rings is 3. The molecule has 0 N–H and O–H groups in total. The number of aromatic nitrogens is 1. The summed E-state index contributed by atoms with van der Waals surface area (Å²) in [5, 5.41) is 0.654. The zero-order valence-corrected chi connectivity index (χ0v) is 20.6. The van der Waals surface area contributed by atoms with Crippen molar-refractivity contribution in [2.45, 2.75) is 24.1 Å². The number of carbonyl (C=O) groups is 1. The minimum absolute atomic E-state index is 0.000877. The Morgan fingerprint density at radius 1 is 0.829 bits per heavy atom. The molecule has 0 atom stereocenters. The van der Waals surface area contributed by atoms with Crippen molar-refractivity contribution in [3.8, 4) is 0 Å². The number of para-hydroxylation sites is 2. The summed E-state index contributed by atoms with van der Waals surface area (Å²) in [6.07, 6.45) is 1.63. The largest absolute Gasteiger partial charge is 0.368 e. The molecule has 0 unspecified atom stereocenters. The van der Waals surface area contributed by atoms with Crippen LogP contribution < -0.4 is 4.90 Å². The van der Waals surface area contributed by atoms with E-state index in [2.05, 4.69) is 17.0 Å². The molecule has 1 aliphatic rings. The molecule has 1 fully saturated rings. The number of fused-ring (bicyclic) bond motifs is 1. The lowest BCUT2D eigenvalue weighted by Crippen LogP contribution is -2.49. The van der Waals surface area contributed by atoms with E-state index < -0.39 is 9.84 Å². The summed E-state index contributed by atoms with van der Waals surface area (Å²) in [5.74, 6) is -0.0719. The van der Waals surface area contributed by atoms with Gasteiger partial charge in [-0.25, -0.2) is 8.42 Å². The van der Waals surface area contributed by atoms with Gasteiger partial charge in [-0.15, -0.1) is 0 Å². The first-order chi connectivity index (χ1) is 16.9. The molecule has 7 heteroatoms. The van der Waals surface area contributed by atoms with Crippen molar-refractivity contribution >= 4 is 32.3 Å². The second kappa shape index (κ2) is 9.58. The van der Waals surface area contributed by atoms with Crippen molar-refractivity contribution in [1.29, 1.82) is 0 Å². The third-order valence-electron chi connectivity index (χ3n) is 6.62. The standard InChI is InChI=1S/C28H29N3O3S/c1-22-11-13-23(14-12-22)21-35(33,34)27-19-31(26-10-6-5-9-25(26)27)20-28(32)30-17-15-29(16-18-30)24-7-3-2-4-8-24/h2-14,19H,15-18,20-21H2,1H3. The lowest BCUT2D eigenvalue weighted by atomic mass is 10.2. The molecular weight excluding hydrogens is 458 g/mol. The lowest BCUT2D eigenvalue weighted by Gasteiger charge is -2.36. The highest BCUT2D eigenvalue weighted by Gasteiger charge is 2.25. The number of aryl methyl sites for hydroxylation is 1. The van der Waals surface area contributed by atoms with E-state index in [1.54, 1.807) is 10.8 Å². The molecule has 1 saturated heterocycles. The van der Waals surface area contributed by atoms with Crippen molar-refractivity contribution in [2.75, 3.05) is 31.1 Å². The number of sulfone groups is 1. The van der Waals surface area contributed by atoms with Gasteiger partial charge in [0.05, 0.1) is 10.6 Å². The molecule has 3 aromatic carbocycles. The second-order valence-corrected chi connectivity index (χ2v) is 11.0. The molecule has 0 saturated carbocycles. The fourth-order valence-electron chi connectivity index (χ4n) is 4.67. The average Bonchev–Trinajstić information content (AvgIpc) is 3.25. The van der Waals surface area contributed by atoms with E-state index in [1.165, 1.54) is 5.69 Å². The van der Waals surface area contributed by atoms with Crippen LogP contribution in [-0.2, 0) is 26.9 Å². The van der Waals surface area contributed by atoms with E-state index in [1.807, 2.05) is 78.6 Å². The van der Waals surface area contributed by atoms with Gasteiger partial charge in [0.15, 0.2) is 9.84 Å². The highest BCUT2D eigenvalue weighted by Crippen LogP contribution is 2.28. The predicted octanol–water partition coefficient (Wildman–Crippen LogP) is 4.27. The minimum Gasteiger partial charge on any atom is -0.368 e. The first kappa shape index (κ1) is 23.2. The summed E-state index contributed by atoms with van der Waals surface area (Å²) in [6, 6.07) is 25.2. The second-order valence-electron chi connectivity index (χ2n) is 9.09. The highest BCUT2D eigenvalue weighted by molar-refractivity contribution is 7.90. The summed E-state index contributed by atoms with van der Waals surface area (Å²) < 4.78 is 28.5. The Labute approximate surface area is 206 Å². The molecule has 1 aliphatic heterocycles. The molecule has 1 amide bonds. The molecule has 2 heterocycles. The normalized spacial score (nSPS) is 14.4. The molecule has 1 aromatic heterocycles. The third-order valence-corrected chi connectivity index (χ3v) is 8.33. The van der Waals surface area contributed by atoms with Gasteiger partial charge in [0.1, 0.15) is 6.54 Å². The number of carbonyl (C=O) groups excluding carboxylic acids is 1. The number of rotatable bonds is 6. The van der Waals surface area contributed by atoms with Crippen LogP contribution in [-0.4, -0.2) is 50.0 Å². The maximum Gasteiger partial charge on any atom is 0.242 e. The average molecular weight is 488 g/mol. The summed E-state index contributed by atoms with van der Waals surface area (Å²) >= 11 is 0. The Kier molecular flexibility index (Phi) is 6.34. The number of hydrogen-bond acceptors (Lipinski definition) is 4. The maximum absolute atomic E-state index is 13.4. The Bertz CT molecular complexity index is 1440. The van der Waals surface area contributed by atoms with Gasteiger partial charge in [0, 0.05) is 49.0 Å². The summed E-state index contributed by atoms with van der Waals surface area (Å²) in [6.45, 7) is 4.93. The fourth-order valence-corrected chi connectivity index (χ4v) is 6.25. The topological polar surface area (TPSA) is 62.6 Å². The van der Waals surface area contributed by atoms with E-state index in [9.17, 15) is 13.2 Å². The van der Waals surface area contributed by atoms with Crippen molar-refractivity contribution in [1.82, 2.24) is 9.47 Å². The molecular formula is C28H29N3O3S. The first-order valence-corrected chi connectivity index (χ1v) is 13.5. The Morgan fingerprint density at radius 3 is 2.20 bits per heavy atom. The zero-order valence-electron chi connectivity index (χ0n) is 19.8. The molecule has 35 heavy (non-hydrogen) atoms. The van der Waals surface area contributed by atoms with E-state index in [0.717, 1.165) is 29.7 Å². The predicted molar refractivity (Wildman–Crippen MR) is 139 cm³/mol. The van der Waals surface area contributed by atoms with Crippen LogP contribution in [0.1, 0.15) is 11.1 Å². The molecule has 0 spiro atoms. The van der Waals surface area contributed by atoms with Crippen LogP contribution in [0.2, 0.25) is 0 Å². The molecule has 180 valence electrons. The van der Waals surface area contributed by atoms with Gasteiger partial charge < -0.3 is 14.4 Å². The fraction of sp³-hybridized carbons (Fsp3) is 0.250. The van der Waals surface area contributed by atoms with Crippen molar-refractivity contribution in [3.05, 3.63) is 96.2 Å². The van der Waals surface area contributed by atoms with Crippen LogP contribution in [0.4, 0.5) is 5.69 Å². The van der Waals surface area contributed by atoms with Gasteiger partial charge >= 0.3 is 0 Å². The van der Waals surface area contributed by atoms with E-state index in [0.29, 0.717) is 18.5 Å². The number of amides is 1. The van der Waals surface area contributed by atoms with Gasteiger partial charge in [-0.2, -0.15) is 0 Å². The number of nitrogens with zero attached hydrogens (tertiary/aromatic N) is 3. The Balaban J connectivity index is 1.34. The van der Waals surface area contributed by atoms with Gasteiger partial charge in [-0.1, -0.05) is 66.2 Å². The lowest BCUT2D eigenvalue weighted by molar-refractivity contribution is -0.132. The van der Waals surface area contributed by atoms with Crippen molar-refractivity contribution in [2.24, 2.45) is 0 Å². The molecule has 4 aromatic rings. The van der Waals surface area contributed by atoms with E-state index >= 15 is 0 Å². The van der Waals surface area contributed by atoms with Gasteiger partial charge in [-0.3, -0.25) is 4.79 Å². The molecule has 0 bridgehead atoms. The van der Waals surface area contributed by atoms with Crippen LogP contribution >= 0.6 is 0 Å². The SMILES string of the molecule is Cc1ccc(CS(=O)(=O)c2cn(CC(=O)N3CCN(c4ccccc4)CC3)c3ccccc23)cc1. The van der Waals surface area contributed by atoms with E-state index in [-0.39, 0.29) is 23.1 Å². The smallest absolute Gasteiger partial charge is 0.242 e. The van der Waals surface area contributed by atoms with E-state index in [4.69, 9.17) is 0 Å². The number of piperazine rings is 1. The van der Waals surface area contributed by atoms with Gasteiger partial charge in [-0.05, 0) is 30.7 Å². The Hall–Kier alpha value is -3.58. The monoisotopic (exact) mass is 487 g/mol. The number of hydrogen-bond donors (Lipinski definition) is 0. The minimum atomic E-state index is -3.58. The molecule has 0 aliphatic carbocycles. The van der Waals surface area contributed by atoms with Crippen molar-refractivity contribution in [3.63, 3.8) is 0 Å². The summed E-state index contributed by atoms with van der Waals surface area (Å²) in [7, 11) is -3.58. The van der Waals surface area contributed by atoms with Crippen LogP contribution in [0, 0.1) is 6.92 Å². The third kappa shape index (κ3) is 4.95. The quantitative estimate of drug-likeness (QED) is 0.408. The van der Waals surface area contributed by atoms with Gasteiger partial charge in [0.2, 0.25) is 5.91 Å². The van der Waals surface area contributed by atoms with Crippen LogP contribution in [0.15, 0.2) is 90.0 Å². The molecule has 5 rings (SSSR count). The zero-order chi connectivity index (χ0) is 24.4. The summed E-state index contributed by atoms with van der Waals surface area (Å²) in [5.41, 5.74) is 3.76.